The summed E-state index contributed by atoms with van der Waals surface area (Å²) in [6, 6.07) is 9.96. The molecule has 1 aromatic carbocycles. The van der Waals surface area contributed by atoms with E-state index < -0.39 is 5.97 Å². The fraction of sp³-hybridized carbons (Fsp3) is 0.500. The van der Waals surface area contributed by atoms with Gasteiger partial charge in [-0.1, -0.05) is 37.3 Å². The number of aliphatic carboxylic acids is 1. The smallest absolute Gasteiger partial charge is 0.306 e. The van der Waals surface area contributed by atoms with Crippen molar-refractivity contribution in [3.8, 4) is 0 Å². The molecule has 3 atom stereocenters. The fourth-order valence-electron chi connectivity index (χ4n) is 2.80. The molecular formula is C16H21NO3. The van der Waals surface area contributed by atoms with Crippen LogP contribution in [0.2, 0.25) is 0 Å². The van der Waals surface area contributed by atoms with Crippen LogP contribution in [0, 0.1) is 5.92 Å². The molecule has 0 heterocycles. The van der Waals surface area contributed by atoms with Crippen LogP contribution in [0.5, 0.6) is 0 Å². The predicted octanol–water partition coefficient (Wildman–Crippen LogP) is 2.55. The number of carbonyl (C=O) groups is 2. The maximum absolute atomic E-state index is 12.0. The summed E-state index contributed by atoms with van der Waals surface area (Å²) in [4.78, 5) is 22.9. The summed E-state index contributed by atoms with van der Waals surface area (Å²) in [5.41, 5.74) is 1.15. The van der Waals surface area contributed by atoms with E-state index >= 15 is 0 Å². The Morgan fingerprint density at radius 1 is 1.30 bits per heavy atom. The first-order chi connectivity index (χ1) is 9.56. The van der Waals surface area contributed by atoms with Crippen LogP contribution in [0.4, 0.5) is 0 Å². The van der Waals surface area contributed by atoms with Gasteiger partial charge in [0.2, 0.25) is 5.91 Å². The lowest BCUT2D eigenvalue weighted by molar-refractivity contribution is -0.141. The second kappa shape index (κ2) is 6.55. The number of hydrogen-bond donors (Lipinski definition) is 2. The minimum Gasteiger partial charge on any atom is -0.481 e. The molecule has 1 fully saturated rings. The number of rotatable bonds is 5. The normalized spacial score (nSPS) is 23.2. The molecule has 0 aromatic heterocycles. The largest absolute Gasteiger partial charge is 0.481 e. The van der Waals surface area contributed by atoms with Crippen LogP contribution in [-0.4, -0.2) is 23.0 Å². The summed E-state index contributed by atoms with van der Waals surface area (Å²) in [5, 5.41) is 11.9. The van der Waals surface area contributed by atoms with Crippen LogP contribution in [0.3, 0.4) is 0 Å². The van der Waals surface area contributed by atoms with Crippen LogP contribution in [-0.2, 0) is 9.59 Å². The Hall–Kier alpha value is -1.84. The SMILES string of the molecule is C[C@H](CC(=O)N[C@H]1CC[C@@H](C(=O)O)C1)c1ccccc1. The van der Waals surface area contributed by atoms with Gasteiger partial charge >= 0.3 is 5.97 Å². The molecule has 0 saturated heterocycles. The summed E-state index contributed by atoms with van der Waals surface area (Å²) < 4.78 is 0. The van der Waals surface area contributed by atoms with Gasteiger partial charge in [-0.05, 0) is 30.7 Å². The van der Waals surface area contributed by atoms with E-state index in [0.717, 1.165) is 12.0 Å². The standard InChI is InChI=1S/C16H21NO3/c1-11(12-5-3-2-4-6-12)9-15(18)17-14-8-7-13(10-14)16(19)20/h2-6,11,13-14H,7-10H2,1H3,(H,17,18)(H,19,20)/t11-,13-,14+/m1/s1. The first kappa shape index (κ1) is 14.6. The van der Waals surface area contributed by atoms with Gasteiger partial charge in [0, 0.05) is 12.5 Å². The molecule has 0 spiro atoms. The maximum Gasteiger partial charge on any atom is 0.306 e. The summed E-state index contributed by atoms with van der Waals surface area (Å²) in [7, 11) is 0. The number of carboxylic acids is 1. The van der Waals surface area contributed by atoms with Gasteiger partial charge in [-0.2, -0.15) is 0 Å². The zero-order valence-corrected chi connectivity index (χ0v) is 11.7. The Morgan fingerprint density at radius 2 is 2.00 bits per heavy atom. The van der Waals surface area contributed by atoms with Crippen LogP contribution in [0.25, 0.3) is 0 Å². The van der Waals surface area contributed by atoms with E-state index in [-0.39, 0.29) is 23.8 Å². The third-order valence-electron chi connectivity index (χ3n) is 4.01. The lowest BCUT2D eigenvalue weighted by atomic mass is 9.97. The second-order valence-corrected chi connectivity index (χ2v) is 5.63. The zero-order valence-electron chi connectivity index (χ0n) is 11.7. The van der Waals surface area contributed by atoms with Gasteiger partial charge < -0.3 is 10.4 Å². The monoisotopic (exact) mass is 275 g/mol. The van der Waals surface area contributed by atoms with Crippen LogP contribution in [0.15, 0.2) is 30.3 Å². The Balaban J connectivity index is 1.80. The van der Waals surface area contributed by atoms with Gasteiger partial charge in [-0.3, -0.25) is 9.59 Å². The van der Waals surface area contributed by atoms with E-state index in [0.29, 0.717) is 19.3 Å². The second-order valence-electron chi connectivity index (χ2n) is 5.63. The average molecular weight is 275 g/mol. The molecule has 1 amide bonds. The first-order valence-corrected chi connectivity index (χ1v) is 7.13. The van der Waals surface area contributed by atoms with Crippen molar-refractivity contribution in [3.63, 3.8) is 0 Å². The van der Waals surface area contributed by atoms with E-state index in [4.69, 9.17) is 5.11 Å². The molecule has 108 valence electrons. The van der Waals surface area contributed by atoms with Crippen molar-refractivity contribution < 1.29 is 14.7 Å². The van der Waals surface area contributed by atoms with Crippen LogP contribution >= 0.6 is 0 Å². The van der Waals surface area contributed by atoms with E-state index in [1.165, 1.54) is 0 Å². The molecule has 0 aliphatic heterocycles. The fourth-order valence-corrected chi connectivity index (χ4v) is 2.80. The van der Waals surface area contributed by atoms with Crippen molar-refractivity contribution in [2.75, 3.05) is 0 Å². The van der Waals surface area contributed by atoms with Crippen LogP contribution < -0.4 is 5.32 Å². The number of nitrogens with one attached hydrogen (secondary N) is 1. The van der Waals surface area contributed by atoms with E-state index in [9.17, 15) is 9.59 Å². The van der Waals surface area contributed by atoms with E-state index in [1.807, 2.05) is 37.3 Å². The highest BCUT2D eigenvalue weighted by atomic mass is 16.4. The molecule has 1 aromatic rings. The minimum atomic E-state index is -0.751. The van der Waals surface area contributed by atoms with Gasteiger partial charge in [-0.25, -0.2) is 0 Å². The first-order valence-electron chi connectivity index (χ1n) is 7.13. The Kier molecular flexibility index (Phi) is 4.77. The Bertz CT molecular complexity index is 472. The molecule has 1 saturated carbocycles. The topological polar surface area (TPSA) is 66.4 Å². The quantitative estimate of drug-likeness (QED) is 0.868. The molecule has 2 rings (SSSR count). The lowest BCUT2D eigenvalue weighted by Crippen LogP contribution is -2.33. The lowest BCUT2D eigenvalue weighted by Gasteiger charge is -2.15. The zero-order chi connectivity index (χ0) is 14.5. The highest BCUT2D eigenvalue weighted by Crippen LogP contribution is 2.26. The van der Waals surface area contributed by atoms with Crippen molar-refractivity contribution in [2.45, 2.75) is 44.6 Å². The number of benzene rings is 1. The van der Waals surface area contributed by atoms with Gasteiger partial charge in [-0.15, -0.1) is 0 Å². The minimum absolute atomic E-state index is 0.0115. The molecule has 0 radical (unpaired) electrons. The Labute approximate surface area is 119 Å². The molecule has 1 aliphatic carbocycles. The van der Waals surface area contributed by atoms with Gasteiger partial charge in [0.1, 0.15) is 0 Å². The molecule has 20 heavy (non-hydrogen) atoms. The van der Waals surface area contributed by atoms with Crippen molar-refractivity contribution >= 4 is 11.9 Å². The summed E-state index contributed by atoms with van der Waals surface area (Å²) in [6.45, 7) is 2.03. The summed E-state index contributed by atoms with van der Waals surface area (Å²) in [5.74, 6) is -0.864. The predicted molar refractivity (Wildman–Crippen MR) is 76.4 cm³/mol. The number of hydrogen-bond acceptors (Lipinski definition) is 2. The third kappa shape index (κ3) is 3.83. The van der Waals surface area contributed by atoms with Gasteiger partial charge in [0.05, 0.1) is 5.92 Å². The van der Waals surface area contributed by atoms with Crippen molar-refractivity contribution in [2.24, 2.45) is 5.92 Å². The van der Waals surface area contributed by atoms with E-state index in [1.54, 1.807) is 0 Å². The molecule has 1 aliphatic rings. The number of carbonyl (C=O) groups excluding carboxylic acids is 1. The number of amides is 1. The van der Waals surface area contributed by atoms with Crippen LogP contribution in [0.1, 0.15) is 44.1 Å². The maximum atomic E-state index is 12.0. The van der Waals surface area contributed by atoms with Gasteiger partial charge in [0.25, 0.3) is 0 Å². The van der Waals surface area contributed by atoms with Crippen molar-refractivity contribution in [3.05, 3.63) is 35.9 Å². The highest BCUT2D eigenvalue weighted by molar-refractivity contribution is 5.77. The Morgan fingerprint density at radius 3 is 2.60 bits per heavy atom. The number of carboxylic acid groups (broad SMARTS) is 1. The molecule has 2 N–H and O–H groups in total. The molecule has 0 unspecified atom stereocenters. The molecule has 4 nitrogen and oxygen atoms in total. The molecule has 4 heteroatoms. The third-order valence-corrected chi connectivity index (χ3v) is 4.01. The summed E-state index contributed by atoms with van der Waals surface area (Å²) in [6.07, 6.45) is 2.43. The summed E-state index contributed by atoms with van der Waals surface area (Å²) >= 11 is 0. The van der Waals surface area contributed by atoms with E-state index in [2.05, 4.69) is 5.32 Å². The van der Waals surface area contributed by atoms with Gasteiger partial charge in [0.15, 0.2) is 0 Å². The molecule has 0 bridgehead atoms. The average Bonchev–Trinajstić information content (AvgIpc) is 2.88. The highest BCUT2D eigenvalue weighted by Gasteiger charge is 2.30. The van der Waals surface area contributed by atoms with Crippen molar-refractivity contribution in [1.82, 2.24) is 5.32 Å². The molecular weight excluding hydrogens is 254 g/mol. The van der Waals surface area contributed by atoms with Crippen molar-refractivity contribution in [1.29, 1.82) is 0 Å².